The molecule has 0 aliphatic carbocycles. The van der Waals surface area contributed by atoms with Crippen LogP contribution in [0.4, 0.5) is 15.8 Å². The monoisotopic (exact) mass is 302 g/mol. The van der Waals surface area contributed by atoms with Crippen LogP contribution in [0.3, 0.4) is 0 Å². The van der Waals surface area contributed by atoms with Crippen LogP contribution >= 0.6 is 0 Å². The number of allylic oxidation sites excluding steroid dienone is 2. The van der Waals surface area contributed by atoms with E-state index in [1.807, 2.05) is 19.9 Å². The zero-order valence-electron chi connectivity index (χ0n) is 14.0. The average Bonchev–Trinajstić information content (AvgIpc) is 2.75. The van der Waals surface area contributed by atoms with Crippen LogP contribution < -0.4 is 10.6 Å². The Morgan fingerprint density at radius 2 is 2.05 bits per heavy atom. The normalized spacial score (nSPS) is 21.2. The molecule has 1 fully saturated rings. The van der Waals surface area contributed by atoms with E-state index in [0.717, 1.165) is 40.8 Å². The number of aryl methyl sites for hydroxylation is 1. The van der Waals surface area contributed by atoms with E-state index in [1.165, 1.54) is 0 Å². The maximum absolute atomic E-state index is 14.1. The van der Waals surface area contributed by atoms with Gasteiger partial charge in [-0.2, -0.15) is 0 Å². The molecular weight excluding hydrogens is 275 g/mol. The second-order valence-electron chi connectivity index (χ2n) is 6.88. The number of anilines is 2. The Kier molecular flexibility index (Phi) is 4.64. The molecule has 0 radical (unpaired) electrons. The number of nitrogens with two attached hydrogens (primary N) is 1. The van der Waals surface area contributed by atoms with Gasteiger partial charge in [0.25, 0.3) is 0 Å². The van der Waals surface area contributed by atoms with E-state index in [4.69, 9.17) is 5.73 Å². The molecular formula is C19H27FN2. The average molecular weight is 302 g/mol. The lowest BCUT2D eigenvalue weighted by Crippen LogP contribution is -2.27. The highest BCUT2D eigenvalue weighted by Gasteiger charge is 2.34. The number of halogens is 1. The van der Waals surface area contributed by atoms with Gasteiger partial charge in [-0.1, -0.05) is 12.2 Å². The molecule has 0 bridgehead atoms. The smallest absolute Gasteiger partial charge is 0.127 e. The second kappa shape index (κ2) is 6.15. The second-order valence-corrected chi connectivity index (χ2v) is 6.88. The molecule has 0 saturated carbocycles. The number of hydrogen-bond acceptors (Lipinski definition) is 2. The number of nitrogens with zero attached hydrogens (tertiary/aromatic N) is 1. The summed E-state index contributed by atoms with van der Waals surface area (Å²) in [4.78, 5) is 2.06. The van der Waals surface area contributed by atoms with Crippen molar-refractivity contribution in [1.82, 2.24) is 0 Å². The van der Waals surface area contributed by atoms with Gasteiger partial charge in [0.2, 0.25) is 0 Å². The van der Waals surface area contributed by atoms with Gasteiger partial charge in [0.1, 0.15) is 5.67 Å². The van der Waals surface area contributed by atoms with Gasteiger partial charge >= 0.3 is 0 Å². The lowest BCUT2D eigenvalue weighted by molar-refractivity contribution is 0.221. The van der Waals surface area contributed by atoms with Gasteiger partial charge < -0.3 is 10.6 Å². The number of hydrogen-bond donors (Lipinski definition) is 1. The van der Waals surface area contributed by atoms with Crippen LogP contribution in [0.15, 0.2) is 30.9 Å². The van der Waals surface area contributed by atoms with Crippen LogP contribution in [0.2, 0.25) is 0 Å². The van der Waals surface area contributed by atoms with E-state index in [9.17, 15) is 4.39 Å². The van der Waals surface area contributed by atoms with Gasteiger partial charge in [0, 0.05) is 13.0 Å². The quantitative estimate of drug-likeness (QED) is 0.620. The Morgan fingerprint density at radius 1 is 1.36 bits per heavy atom. The minimum atomic E-state index is -1.12. The standard InChI is InChI=1S/C19H27FN2/c1-13(2)6-7-14(3)16-10-15(4)18(17(21)11-16)22-9-8-19(5,20)12-22/h10-11H,1,3,6-9,12,21H2,2,4-5H3. The summed E-state index contributed by atoms with van der Waals surface area (Å²) in [6.07, 6.45) is 2.38. The number of nitrogen functional groups attached to an aromatic ring is 1. The Hall–Kier alpha value is -1.77. The first kappa shape index (κ1) is 16.6. The summed E-state index contributed by atoms with van der Waals surface area (Å²) in [5, 5.41) is 0. The van der Waals surface area contributed by atoms with Gasteiger partial charge in [-0.25, -0.2) is 4.39 Å². The SMILES string of the molecule is C=C(C)CCC(=C)c1cc(C)c(N2CCC(C)(F)C2)c(N)c1. The van der Waals surface area contributed by atoms with E-state index in [0.29, 0.717) is 25.2 Å². The lowest BCUT2D eigenvalue weighted by atomic mass is 9.97. The first-order valence-corrected chi connectivity index (χ1v) is 7.86. The molecule has 120 valence electrons. The summed E-state index contributed by atoms with van der Waals surface area (Å²) in [6, 6.07) is 4.08. The minimum absolute atomic E-state index is 0.411. The maximum Gasteiger partial charge on any atom is 0.127 e. The highest BCUT2D eigenvalue weighted by atomic mass is 19.1. The third-order valence-electron chi connectivity index (χ3n) is 4.33. The molecule has 0 spiro atoms. The van der Waals surface area contributed by atoms with E-state index in [2.05, 4.69) is 24.1 Å². The van der Waals surface area contributed by atoms with Crippen molar-refractivity contribution in [2.24, 2.45) is 0 Å². The topological polar surface area (TPSA) is 29.3 Å². The Morgan fingerprint density at radius 3 is 2.55 bits per heavy atom. The fourth-order valence-electron chi connectivity index (χ4n) is 3.07. The van der Waals surface area contributed by atoms with Crippen molar-refractivity contribution >= 4 is 16.9 Å². The molecule has 2 N–H and O–H groups in total. The van der Waals surface area contributed by atoms with Gasteiger partial charge in [-0.3, -0.25) is 0 Å². The number of benzene rings is 1. The van der Waals surface area contributed by atoms with Gasteiger partial charge in [0.05, 0.1) is 17.9 Å². The summed E-state index contributed by atoms with van der Waals surface area (Å²) >= 11 is 0. The van der Waals surface area contributed by atoms with Crippen LogP contribution in [-0.4, -0.2) is 18.8 Å². The molecule has 22 heavy (non-hydrogen) atoms. The van der Waals surface area contributed by atoms with E-state index in [-0.39, 0.29) is 0 Å². The third-order valence-corrected chi connectivity index (χ3v) is 4.33. The Labute approximate surface area is 133 Å². The molecule has 1 atom stereocenters. The zero-order chi connectivity index (χ0) is 16.5. The predicted molar refractivity (Wildman–Crippen MR) is 95.0 cm³/mol. The van der Waals surface area contributed by atoms with Crippen molar-refractivity contribution in [2.45, 2.75) is 45.7 Å². The molecule has 3 heteroatoms. The molecule has 1 heterocycles. The minimum Gasteiger partial charge on any atom is -0.397 e. The maximum atomic E-state index is 14.1. The van der Waals surface area contributed by atoms with Crippen LogP contribution in [-0.2, 0) is 0 Å². The number of rotatable bonds is 5. The largest absolute Gasteiger partial charge is 0.397 e. The van der Waals surface area contributed by atoms with E-state index >= 15 is 0 Å². The molecule has 2 nitrogen and oxygen atoms in total. The first-order valence-electron chi connectivity index (χ1n) is 7.86. The predicted octanol–water partition coefficient (Wildman–Crippen LogP) is 4.89. The van der Waals surface area contributed by atoms with Crippen molar-refractivity contribution in [2.75, 3.05) is 23.7 Å². The molecule has 1 aliphatic rings. The highest BCUT2D eigenvalue weighted by molar-refractivity contribution is 5.78. The molecule has 1 saturated heterocycles. The Balaban J connectivity index is 2.22. The Bertz CT molecular complexity index is 578. The highest BCUT2D eigenvalue weighted by Crippen LogP contribution is 2.37. The fourth-order valence-corrected chi connectivity index (χ4v) is 3.07. The van der Waals surface area contributed by atoms with Gasteiger partial charge in [0.15, 0.2) is 0 Å². The van der Waals surface area contributed by atoms with Crippen LogP contribution in [0, 0.1) is 6.92 Å². The van der Waals surface area contributed by atoms with Crippen LogP contribution in [0.25, 0.3) is 5.57 Å². The lowest BCUT2D eigenvalue weighted by Gasteiger charge is -2.24. The zero-order valence-corrected chi connectivity index (χ0v) is 14.0. The summed E-state index contributed by atoms with van der Waals surface area (Å²) < 4.78 is 14.1. The summed E-state index contributed by atoms with van der Waals surface area (Å²) in [5.41, 5.74) is 11.2. The van der Waals surface area contributed by atoms with E-state index < -0.39 is 5.67 Å². The molecule has 0 aromatic heterocycles. The van der Waals surface area contributed by atoms with Crippen molar-refractivity contribution in [3.05, 3.63) is 42.0 Å². The van der Waals surface area contributed by atoms with Gasteiger partial charge in [-0.15, -0.1) is 6.58 Å². The molecule has 1 aromatic rings. The van der Waals surface area contributed by atoms with Crippen LogP contribution in [0.5, 0.6) is 0 Å². The first-order chi connectivity index (χ1) is 10.2. The molecule has 1 unspecified atom stereocenters. The summed E-state index contributed by atoms with van der Waals surface area (Å²) in [5.74, 6) is 0. The van der Waals surface area contributed by atoms with Crippen molar-refractivity contribution in [1.29, 1.82) is 0 Å². The summed E-state index contributed by atoms with van der Waals surface area (Å²) in [7, 11) is 0. The molecule has 2 rings (SSSR count). The van der Waals surface area contributed by atoms with Gasteiger partial charge in [-0.05, 0) is 62.4 Å². The van der Waals surface area contributed by atoms with Crippen LogP contribution in [0.1, 0.15) is 44.2 Å². The van der Waals surface area contributed by atoms with Crippen molar-refractivity contribution in [3.63, 3.8) is 0 Å². The third kappa shape index (κ3) is 3.70. The van der Waals surface area contributed by atoms with Crippen molar-refractivity contribution < 1.29 is 4.39 Å². The van der Waals surface area contributed by atoms with E-state index in [1.54, 1.807) is 6.92 Å². The molecule has 1 aromatic carbocycles. The molecule has 0 amide bonds. The fraction of sp³-hybridized carbons (Fsp3) is 0.474. The molecule has 1 aliphatic heterocycles. The summed E-state index contributed by atoms with van der Waals surface area (Å²) in [6.45, 7) is 14.9. The van der Waals surface area contributed by atoms with Crippen molar-refractivity contribution in [3.8, 4) is 0 Å². The number of alkyl halides is 1.